The number of methoxy groups -OCH3 is 1. The van der Waals surface area contributed by atoms with Crippen molar-refractivity contribution in [2.45, 2.75) is 19.2 Å². The monoisotopic (exact) mass is 348 g/mol. The number of halogens is 1. The maximum Gasteiger partial charge on any atom is 0.169 e. The van der Waals surface area contributed by atoms with Crippen LogP contribution in [0.3, 0.4) is 0 Å². The van der Waals surface area contributed by atoms with Crippen LogP contribution in [0.5, 0.6) is 5.75 Å². The molecule has 0 aliphatic carbocycles. The Morgan fingerprint density at radius 3 is 3.04 bits per heavy atom. The lowest BCUT2D eigenvalue weighted by Crippen LogP contribution is -2.38. The van der Waals surface area contributed by atoms with Gasteiger partial charge in [-0.25, -0.2) is 9.37 Å². The van der Waals surface area contributed by atoms with Crippen LogP contribution >= 0.6 is 0 Å². The Hall–Kier alpha value is -1.96. The minimum absolute atomic E-state index is 0.127. The largest absolute Gasteiger partial charge is 0.494 e. The number of hydrogen-bond donors (Lipinski definition) is 1. The second-order valence-electron chi connectivity index (χ2n) is 6.56. The van der Waals surface area contributed by atoms with Crippen LogP contribution in [0.1, 0.15) is 23.2 Å². The minimum Gasteiger partial charge on any atom is -0.494 e. The number of aromatic nitrogens is 2. The van der Waals surface area contributed by atoms with Crippen LogP contribution in [0.4, 0.5) is 4.39 Å². The molecule has 0 saturated carbocycles. The summed E-state index contributed by atoms with van der Waals surface area (Å²) in [4.78, 5) is 12.0. The molecule has 2 heterocycles. The van der Waals surface area contributed by atoms with Gasteiger partial charge in [0.25, 0.3) is 0 Å². The molecule has 6 nitrogen and oxygen atoms in total. The number of H-pyrrole nitrogens is 1. The van der Waals surface area contributed by atoms with Crippen molar-refractivity contribution < 1.29 is 13.9 Å². The molecule has 3 rings (SSSR count). The third-order valence-corrected chi connectivity index (χ3v) is 4.25. The van der Waals surface area contributed by atoms with E-state index in [-0.39, 0.29) is 17.7 Å². The molecule has 1 N–H and O–H groups in total. The van der Waals surface area contributed by atoms with Crippen molar-refractivity contribution in [2.75, 3.05) is 40.9 Å². The minimum atomic E-state index is -0.292. The van der Waals surface area contributed by atoms with Gasteiger partial charge in [0.1, 0.15) is 11.9 Å². The van der Waals surface area contributed by atoms with Crippen molar-refractivity contribution in [3.8, 4) is 5.75 Å². The maximum absolute atomic E-state index is 14.4. The van der Waals surface area contributed by atoms with Crippen LogP contribution in [0.25, 0.3) is 0 Å². The second kappa shape index (κ2) is 7.95. The second-order valence-corrected chi connectivity index (χ2v) is 6.56. The predicted molar refractivity (Wildman–Crippen MR) is 92.9 cm³/mol. The summed E-state index contributed by atoms with van der Waals surface area (Å²) in [6.07, 6.45) is 1.72. The first-order valence-electron chi connectivity index (χ1n) is 8.40. The number of hydrogen-bond acceptors (Lipinski definition) is 5. The van der Waals surface area contributed by atoms with Crippen LogP contribution in [-0.2, 0) is 17.8 Å². The zero-order chi connectivity index (χ0) is 17.8. The lowest BCUT2D eigenvalue weighted by molar-refractivity contribution is -0.0372. The highest BCUT2D eigenvalue weighted by atomic mass is 19.1. The molecular weight excluding hydrogens is 323 g/mol. The Morgan fingerprint density at radius 1 is 1.44 bits per heavy atom. The number of morpholine rings is 1. The lowest BCUT2D eigenvalue weighted by atomic mass is 10.1. The average molecular weight is 348 g/mol. The summed E-state index contributed by atoms with van der Waals surface area (Å²) in [6.45, 7) is 3.36. The molecule has 1 unspecified atom stereocenters. The SMILES string of the molecule is COc1cccc(CN2CCOC(c3ncc(CN(C)C)[nH]3)C2)c1F. The summed E-state index contributed by atoms with van der Waals surface area (Å²) >= 11 is 0. The molecule has 1 aliphatic heterocycles. The van der Waals surface area contributed by atoms with E-state index in [4.69, 9.17) is 9.47 Å². The fourth-order valence-corrected chi connectivity index (χ4v) is 3.05. The van der Waals surface area contributed by atoms with E-state index in [1.54, 1.807) is 12.1 Å². The summed E-state index contributed by atoms with van der Waals surface area (Å²) in [5.41, 5.74) is 1.69. The van der Waals surface area contributed by atoms with Gasteiger partial charge < -0.3 is 19.4 Å². The third kappa shape index (κ3) is 4.36. The first kappa shape index (κ1) is 17.8. The Kier molecular flexibility index (Phi) is 5.67. The van der Waals surface area contributed by atoms with Crippen LogP contribution in [0.2, 0.25) is 0 Å². The molecule has 136 valence electrons. The molecule has 0 bridgehead atoms. The van der Waals surface area contributed by atoms with E-state index in [1.807, 2.05) is 26.4 Å². The number of rotatable bonds is 6. The Bertz CT molecular complexity index is 704. The van der Waals surface area contributed by atoms with Gasteiger partial charge in [0.15, 0.2) is 11.6 Å². The highest BCUT2D eigenvalue weighted by Crippen LogP contribution is 2.25. The Labute approximate surface area is 147 Å². The molecule has 25 heavy (non-hydrogen) atoms. The highest BCUT2D eigenvalue weighted by Gasteiger charge is 2.25. The van der Waals surface area contributed by atoms with E-state index in [2.05, 4.69) is 19.8 Å². The predicted octanol–water partition coefficient (Wildman–Crippen LogP) is 2.19. The first-order valence-corrected chi connectivity index (χ1v) is 8.40. The zero-order valence-corrected chi connectivity index (χ0v) is 15.0. The molecule has 1 aliphatic rings. The summed E-state index contributed by atoms with van der Waals surface area (Å²) in [6, 6.07) is 5.25. The molecule has 1 saturated heterocycles. The van der Waals surface area contributed by atoms with Crippen LogP contribution < -0.4 is 4.74 Å². The molecule has 1 aromatic carbocycles. The maximum atomic E-state index is 14.4. The molecule has 0 amide bonds. The molecule has 1 aromatic heterocycles. The number of imidazole rings is 1. The van der Waals surface area contributed by atoms with Gasteiger partial charge in [-0.05, 0) is 20.2 Å². The molecule has 0 spiro atoms. The molecule has 1 fully saturated rings. The number of aromatic amines is 1. The van der Waals surface area contributed by atoms with Crippen molar-refractivity contribution in [2.24, 2.45) is 0 Å². The quantitative estimate of drug-likeness (QED) is 0.867. The van der Waals surface area contributed by atoms with Crippen LogP contribution in [0.15, 0.2) is 24.4 Å². The van der Waals surface area contributed by atoms with E-state index in [0.29, 0.717) is 25.3 Å². The van der Waals surface area contributed by atoms with E-state index in [0.717, 1.165) is 24.6 Å². The van der Waals surface area contributed by atoms with Crippen molar-refractivity contribution in [3.05, 3.63) is 47.3 Å². The Balaban J connectivity index is 1.66. The van der Waals surface area contributed by atoms with Crippen LogP contribution in [0, 0.1) is 5.82 Å². The number of nitrogens with zero attached hydrogens (tertiary/aromatic N) is 3. The van der Waals surface area contributed by atoms with E-state index < -0.39 is 0 Å². The number of benzene rings is 1. The lowest BCUT2D eigenvalue weighted by Gasteiger charge is -2.32. The van der Waals surface area contributed by atoms with Gasteiger partial charge in [0.05, 0.1) is 13.7 Å². The fourth-order valence-electron chi connectivity index (χ4n) is 3.05. The normalized spacial score (nSPS) is 18.7. The number of ether oxygens (including phenoxy) is 2. The van der Waals surface area contributed by atoms with Crippen molar-refractivity contribution in [1.82, 2.24) is 19.8 Å². The van der Waals surface area contributed by atoms with Gasteiger partial charge in [0, 0.05) is 43.6 Å². The molecular formula is C18H25FN4O2. The molecule has 7 heteroatoms. The van der Waals surface area contributed by atoms with Crippen LogP contribution in [-0.4, -0.2) is 60.7 Å². The standard InChI is InChI=1S/C18H25FN4O2/c1-22(2)11-14-9-20-18(21-14)16-12-23(7-8-25-16)10-13-5-4-6-15(24-3)17(13)19/h4-6,9,16H,7-8,10-12H2,1-3H3,(H,20,21). The third-order valence-electron chi connectivity index (χ3n) is 4.25. The summed E-state index contributed by atoms with van der Waals surface area (Å²) in [5.74, 6) is 0.814. The van der Waals surface area contributed by atoms with E-state index in [1.165, 1.54) is 7.11 Å². The van der Waals surface area contributed by atoms with Gasteiger partial charge >= 0.3 is 0 Å². The fraction of sp³-hybridized carbons (Fsp3) is 0.500. The number of nitrogens with one attached hydrogen (secondary N) is 1. The first-order chi connectivity index (χ1) is 12.1. The zero-order valence-electron chi connectivity index (χ0n) is 15.0. The van der Waals surface area contributed by atoms with Crippen molar-refractivity contribution in [1.29, 1.82) is 0 Å². The van der Waals surface area contributed by atoms with Gasteiger partial charge in [-0.3, -0.25) is 4.90 Å². The summed E-state index contributed by atoms with van der Waals surface area (Å²) < 4.78 is 25.3. The van der Waals surface area contributed by atoms with Gasteiger partial charge in [-0.2, -0.15) is 0 Å². The van der Waals surface area contributed by atoms with Crippen molar-refractivity contribution >= 4 is 0 Å². The Morgan fingerprint density at radius 2 is 2.28 bits per heavy atom. The molecule has 0 radical (unpaired) electrons. The molecule has 1 atom stereocenters. The smallest absolute Gasteiger partial charge is 0.169 e. The molecule has 2 aromatic rings. The highest BCUT2D eigenvalue weighted by molar-refractivity contribution is 5.31. The van der Waals surface area contributed by atoms with E-state index in [9.17, 15) is 4.39 Å². The van der Waals surface area contributed by atoms with Gasteiger partial charge in [-0.1, -0.05) is 12.1 Å². The topological polar surface area (TPSA) is 53.6 Å². The summed E-state index contributed by atoms with van der Waals surface area (Å²) in [7, 11) is 5.51. The summed E-state index contributed by atoms with van der Waals surface area (Å²) in [5, 5.41) is 0. The van der Waals surface area contributed by atoms with Crippen molar-refractivity contribution in [3.63, 3.8) is 0 Å². The van der Waals surface area contributed by atoms with Gasteiger partial charge in [-0.15, -0.1) is 0 Å². The van der Waals surface area contributed by atoms with E-state index >= 15 is 0 Å². The van der Waals surface area contributed by atoms with Gasteiger partial charge in [0.2, 0.25) is 0 Å². The average Bonchev–Trinajstić information content (AvgIpc) is 3.05.